The summed E-state index contributed by atoms with van der Waals surface area (Å²) in [7, 11) is 0. The third-order valence-corrected chi connectivity index (χ3v) is 5.83. The standard InChI is InChI=1S/2Mo.7O/q;;;;;;;2*-1. The molecule has 9 heavy (non-hydrogen) atoms. The number of hydrogen-bond donors (Lipinski definition) is 0. The predicted octanol–water partition coefficient (Wildman–Crippen LogP) is -2.93. The van der Waals surface area contributed by atoms with Gasteiger partial charge < -0.3 is 0 Å². The minimum atomic E-state index is -6.37. The van der Waals surface area contributed by atoms with E-state index < -0.39 is 33.5 Å². The van der Waals surface area contributed by atoms with Crippen LogP contribution in [0.1, 0.15) is 0 Å². The van der Waals surface area contributed by atoms with E-state index in [1.165, 1.54) is 0 Å². The van der Waals surface area contributed by atoms with Crippen molar-refractivity contribution < 1.29 is 56.6 Å². The Labute approximate surface area is 56.7 Å². The van der Waals surface area contributed by atoms with Crippen LogP contribution in [-0.4, -0.2) is 0 Å². The molecule has 0 aliphatic rings. The van der Waals surface area contributed by atoms with Crippen molar-refractivity contribution in [3.05, 3.63) is 0 Å². The van der Waals surface area contributed by atoms with E-state index in [-0.39, 0.29) is 0 Å². The first-order chi connectivity index (χ1) is 3.71. The maximum absolute atomic E-state index is 9.42. The van der Waals surface area contributed by atoms with Gasteiger partial charge in [0.2, 0.25) is 0 Å². The summed E-state index contributed by atoms with van der Waals surface area (Å²) in [5.74, 6) is 0. The molecule has 56 valence electrons. The number of rotatable bonds is 2. The number of hydrogen-bond acceptors (Lipinski definition) is 7. The van der Waals surface area contributed by atoms with Crippen LogP contribution in [0.3, 0.4) is 0 Å². The maximum atomic E-state index is 9.42. The van der Waals surface area contributed by atoms with Gasteiger partial charge in [0.15, 0.2) is 0 Å². The molecule has 0 bridgehead atoms. The fourth-order valence-corrected chi connectivity index (χ4v) is 3.57. The normalized spacial score (nSPS) is 13.6. The van der Waals surface area contributed by atoms with Crippen LogP contribution in [0.25, 0.3) is 0 Å². The van der Waals surface area contributed by atoms with Crippen molar-refractivity contribution >= 4 is 0 Å². The van der Waals surface area contributed by atoms with Gasteiger partial charge >= 0.3 is 56.6 Å². The molecule has 0 aliphatic heterocycles. The molecule has 0 aromatic heterocycles. The summed E-state index contributed by atoms with van der Waals surface area (Å²) < 4.78 is 59.2. The Bertz CT molecular complexity index is 232. The molecule has 0 radical (unpaired) electrons. The van der Waals surface area contributed by atoms with Gasteiger partial charge in [-0.1, -0.05) is 0 Å². The van der Waals surface area contributed by atoms with Gasteiger partial charge in [-0.15, -0.1) is 0 Å². The Morgan fingerprint density at radius 3 is 1.11 bits per heavy atom. The predicted molar refractivity (Wildman–Crippen MR) is 3.83 cm³/mol. The summed E-state index contributed by atoms with van der Waals surface area (Å²) in [6, 6.07) is 0. The van der Waals surface area contributed by atoms with E-state index >= 15 is 0 Å². The Balaban J connectivity index is 4.46. The Kier molecular flexibility index (Phi) is 2.73. The van der Waals surface area contributed by atoms with E-state index in [0.29, 0.717) is 0 Å². The summed E-state index contributed by atoms with van der Waals surface area (Å²) in [5, 5.41) is 0. The van der Waals surface area contributed by atoms with Crippen molar-refractivity contribution in [3.8, 4) is 0 Å². The van der Waals surface area contributed by atoms with Gasteiger partial charge in [0.25, 0.3) is 0 Å². The molecule has 0 aromatic rings. The van der Waals surface area contributed by atoms with Gasteiger partial charge in [0.1, 0.15) is 0 Å². The first-order valence-electron chi connectivity index (χ1n) is 1.33. The first kappa shape index (κ1) is 9.46. The van der Waals surface area contributed by atoms with E-state index in [9.17, 15) is 21.1 Å². The molecule has 7 nitrogen and oxygen atoms in total. The molecule has 0 rings (SSSR count). The second-order valence-electron chi connectivity index (χ2n) is 0.885. The molecular formula is Mo2O7-2. The third kappa shape index (κ3) is 8.46. The van der Waals surface area contributed by atoms with Gasteiger partial charge in [0, 0.05) is 0 Å². The average molecular weight is 304 g/mol. The van der Waals surface area contributed by atoms with Crippen molar-refractivity contribution in [2.24, 2.45) is 0 Å². The van der Waals surface area contributed by atoms with Crippen LogP contribution in [0.2, 0.25) is 0 Å². The van der Waals surface area contributed by atoms with Gasteiger partial charge in [-0.05, 0) is 0 Å². The van der Waals surface area contributed by atoms with Gasteiger partial charge in [-0.2, -0.15) is 0 Å². The summed E-state index contributed by atoms with van der Waals surface area (Å²) >= 11 is -12.7. The Morgan fingerprint density at radius 2 is 1.11 bits per heavy atom. The molecule has 0 unspecified atom stereocenters. The van der Waals surface area contributed by atoms with Crippen molar-refractivity contribution in [1.82, 2.24) is 0 Å². The van der Waals surface area contributed by atoms with Gasteiger partial charge in [-0.3, -0.25) is 0 Å². The van der Waals surface area contributed by atoms with E-state index in [0.717, 1.165) is 0 Å². The SMILES string of the molecule is [O]=[Mo](=[O])([O-])[O][Mo](=[O])(=[O])[O-]. The molecule has 0 amide bonds. The second-order valence-corrected chi connectivity index (χ2v) is 7.21. The molecule has 0 spiro atoms. The van der Waals surface area contributed by atoms with Crippen LogP contribution in [-0.2, 0) is 49.1 Å². The fraction of sp³-hybridized carbons (Fsp3) is 0. The molecule has 0 aliphatic carbocycles. The molecule has 0 fully saturated rings. The molecular weight excluding hydrogens is 304 g/mol. The molecule has 0 saturated heterocycles. The Hall–Kier alpha value is 0.457. The van der Waals surface area contributed by atoms with Crippen molar-refractivity contribution in [3.63, 3.8) is 0 Å². The molecule has 9 heteroatoms. The average Bonchev–Trinajstić information content (AvgIpc) is 1.14. The van der Waals surface area contributed by atoms with E-state index in [1.807, 2.05) is 0 Å². The molecule has 0 atom stereocenters. The van der Waals surface area contributed by atoms with Crippen molar-refractivity contribution in [1.29, 1.82) is 0 Å². The van der Waals surface area contributed by atoms with Crippen LogP contribution < -0.4 is 7.52 Å². The van der Waals surface area contributed by atoms with E-state index in [1.54, 1.807) is 0 Å². The van der Waals surface area contributed by atoms with E-state index in [2.05, 4.69) is 2.04 Å². The van der Waals surface area contributed by atoms with Crippen LogP contribution >= 0.6 is 0 Å². The summed E-state index contributed by atoms with van der Waals surface area (Å²) in [5.41, 5.74) is 0. The van der Waals surface area contributed by atoms with Crippen LogP contribution in [0.5, 0.6) is 0 Å². The van der Waals surface area contributed by atoms with Crippen molar-refractivity contribution in [2.75, 3.05) is 0 Å². The summed E-state index contributed by atoms with van der Waals surface area (Å²) in [6.07, 6.45) is 0. The minimum absolute atomic E-state index is 2.67. The third-order valence-electron chi connectivity index (χ3n) is 0.167. The molecule has 0 saturated carbocycles. The molecule has 0 aromatic carbocycles. The quantitative estimate of drug-likeness (QED) is 0.500. The second kappa shape index (κ2) is 2.60. The zero-order chi connectivity index (χ0) is 7.71. The summed E-state index contributed by atoms with van der Waals surface area (Å²) in [6.45, 7) is 0. The zero-order valence-electron chi connectivity index (χ0n) is 3.67. The Morgan fingerprint density at radius 1 is 0.889 bits per heavy atom. The topological polar surface area (TPSA) is 124 Å². The molecule has 0 N–H and O–H groups in total. The monoisotopic (exact) mass is 308 g/mol. The van der Waals surface area contributed by atoms with Crippen LogP contribution in [0, 0.1) is 0 Å². The van der Waals surface area contributed by atoms with Gasteiger partial charge in [0.05, 0.1) is 0 Å². The molecule has 0 heterocycles. The fourth-order valence-electron chi connectivity index (χ4n) is 0.102. The zero-order valence-corrected chi connectivity index (χ0v) is 7.69. The van der Waals surface area contributed by atoms with E-state index in [4.69, 9.17) is 0 Å². The summed E-state index contributed by atoms with van der Waals surface area (Å²) in [4.78, 5) is 0. The van der Waals surface area contributed by atoms with Crippen molar-refractivity contribution in [2.45, 2.75) is 0 Å². The van der Waals surface area contributed by atoms with Gasteiger partial charge in [-0.25, -0.2) is 0 Å². The van der Waals surface area contributed by atoms with Crippen LogP contribution in [0.4, 0.5) is 0 Å². The van der Waals surface area contributed by atoms with Crippen LogP contribution in [0.15, 0.2) is 0 Å². The first-order valence-corrected chi connectivity index (χ1v) is 7.89.